The number of hydrogen-bond acceptors (Lipinski definition) is 5. The van der Waals surface area contributed by atoms with E-state index >= 15 is 0 Å². The number of nitrogens with zero attached hydrogens (tertiary/aromatic N) is 1. The number of alkyl halides is 1. The van der Waals surface area contributed by atoms with Gasteiger partial charge in [0, 0.05) is 11.5 Å². The highest BCUT2D eigenvalue weighted by atomic mass is 79.9. The molecule has 1 heterocycles. The molecule has 0 saturated heterocycles. The second-order valence-corrected chi connectivity index (χ2v) is 4.02. The molecule has 2 aromatic rings. The SMILES string of the molecule is O=C(CBr)c1cc2cccc([N+](=O)[O-])c2oc1=O. The first-order valence-corrected chi connectivity index (χ1v) is 5.97. The second kappa shape index (κ2) is 4.69. The smallest absolute Gasteiger partial charge is 0.347 e. The molecule has 0 N–H and O–H groups in total. The fourth-order valence-electron chi connectivity index (χ4n) is 1.54. The number of nitro benzene ring substituents is 1. The van der Waals surface area contributed by atoms with Crippen molar-refractivity contribution in [1.29, 1.82) is 0 Å². The molecule has 0 atom stereocenters. The molecule has 1 aromatic carbocycles. The molecule has 0 aliphatic rings. The van der Waals surface area contributed by atoms with E-state index in [0.29, 0.717) is 5.39 Å². The Balaban J connectivity index is 2.79. The summed E-state index contributed by atoms with van der Waals surface area (Å²) in [5.74, 6) is -0.433. The maximum atomic E-state index is 11.6. The zero-order chi connectivity index (χ0) is 13.3. The number of para-hydroxylation sites is 1. The molecule has 0 aliphatic heterocycles. The second-order valence-electron chi connectivity index (χ2n) is 3.46. The minimum Gasteiger partial charge on any atom is -0.415 e. The zero-order valence-electron chi connectivity index (χ0n) is 8.88. The maximum absolute atomic E-state index is 11.6. The number of ketones is 1. The van der Waals surface area contributed by atoms with Crippen molar-refractivity contribution in [2.24, 2.45) is 0 Å². The Hall–Kier alpha value is -2.02. The minimum atomic E-state index is -0.874. The van der Waals surface area contributed by atoms with Crippen molar-refractivity contribution in [3.63, 3.8) is 0 Å². The Morgan fingerprint density at radius 2 is 2.17 bits per heavy atom. The summed E-state index contributed by atoms with van der Waals surface area (Å²) >= 11 is 2.95. The minimum absolute atomic E-state index is 0.0157. The largest absolute Gasteiger partial charge is 0.415 e. The predicted molar refractivity (Wildman–Crippen MR) is 67.3 cm³/mol. The third kappa shape index (κ3) is 2.04. The Kier molecular flexibility index (Phi) is 3.24. The van der Waals surface area contributed by atoms with Crippen LogP contribution in [0, 0.1) is 10.1 Å². The fourth-order valence-corrected chi connectivity index (χ4v) is 1.84. The van der Waals surface area contributed by atoms with E-state index in [1.807, 2.05) is 0 Å². The first-order chi connectivity index (χ1) is 8.54. The van der Waals surface area contributed by atoms with Crippen LogP contribution in [0.3, 0.4) is 0 Å². The maximum Gasteiger partial charge on any atom is 0.347 e. The molecule has 2 rings (SSSR count). The summed E-state index contributed by atoms with van der Waals surface area (Å²) < 4.78 is 4.87. The normalized spacial score (nSPS) is 10.5. The number of benzene rings is 1. The Bertz CT molecular complexity index is 706. The third-order valence-corrected chi connectivity index (χ3v) is 2.87. The number of nitro groups is 1. The lowest BCUT2D eigenvalue weighted by molar-refractivity contribution is -0.383. The molecule has 0 amide bonds. The summed E-state index contributed by atoms with van der Waals surface area (Å²) in [6.07, 6.45) is 0. The van der Waals surface area contributed by atoms with Crippen LogP contribution in [-0.4, -0.2) is 16.0 Å². The van der Waals surface area contributed by atoms with Crippen LogP contribution in [0.5, 0.6) is 0 Å². The van der Waals surface area contributed by atoms with E-state index < -0.39 is 16.3 Å². The fraction of sp³-hybridized carbons (Fsp3) is 0.0909. The van der Waals surface area contributed by atoms with Gasteiger partial charge in [-0.1, -0.05) is 28.1 Å². The number of fused-ring (bicyclic) bond motifs is 1. The summed E-state index contributed by atoms with van der Waals surface area (Å²) in [5, 5.41) is 11.1. The van der Waals surface area contributed by atoms with Crippen molar-refractivity contribution >= 4 is 38.4 Å². The quantitative estimate of drug-likeness (QED) is 0.285. The summed E-state index contributed by atoms with van der Waals surface area (Å²) in [6.45, 7) is 0. The molecule has 0 bridgehead atoms. The van der Waals surface area contributed by atoms with E-state index in [-0.39, 0.29) is 22.2 Å². The molecule has 0 aliphatic carbocycles. The van der Waals surface area contributed by atoms with Crippen LogP contribution in [0.25, 0.3) is 11.0 Å². The van der Waals surface area contributed by atoms with Gasteiger partial charge in [-0.05, 0) is 6.07 Å². The van der Waals surface area contributed by atoms with Gasteiger partial charge in [0.05, 0.1) is 10.3 Å². The molecule has 0 radical (unpaired) electrons. The molecule has 0 saturated carbocycles. The number of Topliss-reactive ketones (excluding diaryl/α,β-unsaturated/α-hetero) is 1. The van der Waals surface area contributed by atoms with E-state index in [1.165, 1.54) is 24.3 Å². The van der Waals surface area contributed by atoms with Crippen molar-refractivity contribution in [3.05, 3.63) is 50.4 Å². The van der Waals surface area contributed by atoms with Crippen LogP contribution in [-0.2, 0) is 0 Å². The molecule has 0 fully saturated rings. The summed E-state index contributed by atoms with van der Waals surface area (Å²) in [5.41, 5.74) is -1.43. The summed E-state index contributed by atoms with van der Waals surface area (Å²) in [7, 11) is 0. The van der Waals surface area contributed by atoms with Crippen LogP contribution >= 0.6 is 15.9 Å². The molecular weight excluding hydrogens is 306 g/mol. The highest BCUT2D eigenvalue weighted by Gasteiger charge is 2.18. The number of rotatable bonds is 3. The highest BCUT2D eigenvalue weighted by Crippen LogP contribution is 2.24. The molecular formula is C11H6BrNO5. The first-order valence-electron chi connectivity index (χ1n) is 4.85. The van der Waals surface area contributed by atoms with Gasteiger partial charge in [-0.15, -0.1) is 0 Å². The topological polar surface area (TPSA) is 90.4 Å². The van der Waals surface area contributed by atoms with E-state index in [9.17, 15) is 19.7 Å². The summed E-state index contributed by atoms with van der Waals surface area (Å²) in [6, 6.07) is 5.54. The predicted octanol–water partition coefficient (Wildman–Crippen LogP) is 2.28. The standard InChI is InChI=1S/C11H6BrNO5/c12-5-9(14)7-4-6-2-1-3-8(13(16)17)10(6)18-11(7)15/h1-4H,5H2. The molecule has 1 aromatic heterocycles. The zero-order valence-corrected chi connectivity index (χ0v) is 10.5. The average molecular weight is 312 g/mol. The number of halogens is 1. The van der Waals surface area contributed by atoms with Crippen molar-refractivity contribution in [2.45, 2.75) is 0 Å². The Morgan fingerprint density at radius 1 is 1.44 bits per heavy atom. The number of hydrogen-bond donors (Lipinski definition) is 0. The van der Waals surface area contributed by atoms with Crippen molar-refractivity contribution < 1.29 is 14.1 Å². The summed E-state index contributed by atoms with van der Waals surface area (Å²) in [4.78, 5) is 33.2. The molecule has 0 unspecified atom stereocenters. The third-order valence-electron chi connectivity index (χ3n) is 2.36. The van der Waals surface area contributed by atoms with Gasteiger partial charge in [0.15, 0.2) is 5.78 Å². The van der Waals surface area contributed by atoms with E-state index in [2.05, 4.69) is 15.9 Å². The lowest BCUT2D eigenvalue weighted by Crippen LogP contribution is -2.14. The molecule has 0 spiro atoms. The van der Waals surface area contributed by atoms with Gasteiger partial charge in [-0.3, -0.25) is 14.9 Å². The lowest BCUT2D eigenvalue weighted by atomic mass is 10.1. The average Bonchev–Trinajstić information content (AvgIpc) is 2.36. The van der Waals surface area contributed by atoms with Gasteiger partial charge in [-0.2, -0.15) is 0 Å². The van der Waals surface area contributed by atoms with Gasteiger partial charge in [0.1, 0.15) is 5.56 Å². The van der Waals surface area contributed by atoms with Crippen LogP contribution in [0.2, 0.25) is 0 Å². The molecule has 7 heteroatoms. The van der Waals surface area contributed by atoms with E-state index in [4.69, 9.17) is 4.42 Å². The van der Waals surface area contributed by atoms with Crippen molar-refractivity contribution in [2.75, 3.05) is 5.33 Å². The van der Waals surface area contributed by atoms with Gasteiger partial charge < -0.3 is 4.42 Å². The number of carbonyl (C=O) groups excluding carboxylic acids is 1. The number of carbonyl (C=O) groups is 1. The molecule has 6 nitrogen and oxygen atoms in total. The highest BCUT2D eigenvalue weighted by molar-refractivity contribution is 9.09. The van der Waals surface area contributed by atoms with Crippen molar-refractivity contribution in [3.8, 4) is 0 Å². The number of non-ortho nitro benzene ring substituents is 1. The van der Waals surface area contributed by atoms with Gasteiger partial charge in [0.25, 0.3) is 0 Å². The van der Waals surface area contributed by atoms with Gasteiger partial charge >= 0.3 is 11.3 Å². The van der Waals surface area contributed by atoms with E-state index in [1.54, 1.807) is 0 Å². The van der Waals surface area contributed by atoms with Crippen LogP contribution < -0.4 is 5.63 Å². The van der Waals surface area contributed by atoms with E-state index in [0.717, 1.165) is 0 Å². The van der Waals surface area contributed by atoms with Crippen LogP contribution in [0.4, 0.5) is 5.69 Å². The Labute approximate surface area is 108 Å². The molecule has 18 heavy (non-hydrogen) atoms. The monoisotopic (exact) mass is 311 g/mol. The molecule has 92 valence electrons. The van der Waals surface area contributed by atoms with Crippen LogP contribution in [0.1, 0.15) is 10.4 Å². The van der Waals surface area contributed by atoms with Crippen molar-refractivity contribution in [1.82, 2.24) is 0 Å². The lowest BCUT2D eigenvalue weighted by Gasteiger charge is -2.00. The van der Waals surface area contributed by atoms with Crippen LogP contribution in [0.15, 0.2) is 33.5 Å². The van der Waals surface area contributed by atoms with Gasteiger partial charge in [0.2, 0.25) is 5.58 Å². The Morgan fingerprint density at radius 3 is 2.78 bits per heavy atom. The first kappa shape index (κ1) is 12.4. The van der Waals surface area contributed by atoms with Gasteiger partial charge in [-0.25, -0.2) is 4.79 Å².